The fourth-order valence-corrected chi connectivity index (χ4v) is 2.81. The molecule has 0 aliphatic carbocycles. The molecule has 0 radical (unpaired) electrons. The Morgan fingerprint density at radius 2 is 1.50 bits per heavy atom. The number of aryl methyl sites for hydroxylation is 1. The van der Waals surface area contributed by atoms with E-state index in [1.54, 1.807) is 0 Å². The molecule has 0 fully saturated rings. The Kier molecular flexibility index (Phi) is 2.55. The van der Waals surface area contributed by atoms with Crippen molar-refractivity contribution >= 4 is 23.8 Å². The molecule has 0 aromatic heterocycles. The normalized spacial score (nSPS) is 14.1. The summed E-state index contributed by atoms with van der Waals surface area (Å²) in [5, 5.41) is 0. The summed E-state index contributed by atoms with van der Waals surface area (Å²) in [7, 11) is 4.33. The van der Waals surface area contributed by atoms with Gasteiger partial charge in [0.25, 0.3) is 0 Å². The van der Waals surface area contributed by atoms with Crippen molar-refractivity contribution in [3.05, 3.63) is 54.1 Å². The summed E-state index contributed by atoms with van der Waals surface area (Å²) in [5.74, 6) is 0. The summed E-state index contributed by atoms with van der Waals surface area (Å²) in [5.41, 5.74) is 5.25. The average molecular weight is 236 g/mol. The second-order valence-corrected chi connectivity index (χ2v) is 5.00. The molecule has 2 aromatic carbocycles. The molecule has 0 unspecified atom stereocenters. The lowest BCUT2D eigenvalue weighted by Gasteiger charge is -2.23. The molecule has 3 rings (SSSR count). The van der Waals surface area contributed by atoms with Gasteiger partial charge >= 0.3 is 6.98 Å². The first-order chi connectivity index (χ1) is 8.68. The first kappa shape index (κ1) is 11.2. The Hall–Kier alpha value is -1.90. The monoisotopic (exact) mass is 236 g/mol. The van der Waals surface area contributed by atoms with Crippen LogP contribution in [-0.4, -0.2) is 21.1 Å². The van der Waals surface area contributed by atoms with E-state index in [1.807, 2.05) is 0 Å². The van der Waals surface area contributed by atoms with Crippen LogP contribution in [0.25, 0.3) is 0 Å². The molecule has 1 heterocycles. The molecule has 0 amide bonds. The van der Waals surface area contributed by atoms with E-state index in [1.165, 1.54) is 22.4 Å². The van der Waals surface area contributed by atoms with Crippen molar-refractivity contribution in [1.29, 1.82) is 0 Å². The van der Waals surface area contributed by atoms with E-state index in [-0.39, 0.29) is 0 Å². The maximum absolute atomic E-state index is 2.34. The summed E-state index contributed by atoms with van der Waals surface area (Å²) in [6.07, 6.45) is 0. The minimum atomic E-state index is 0.294. The Labute approximate surface area is 109 Å². The zero-order valence-electron chi connectivity index (χ0n) is 11.1. The topological polar surface area (TPSA) is 6.48 Å². The van der Waals surface area contributed by atoms with Crippen LogP contribution in [0, 0.1) is 6.92 Å². The Morgan fingerprint density at radius 1 is 0.833 bits per heavy atom. The SMILES string of the molecule is Cc1ccc2c(c1)N(C)B(c1ccccc1)N2C. The third kappa shape index (κ3) is 1.58. The minimum absolute atomic E-state index is 0.294. The molecule has 3 heteroatoms. The molecule has 0 bridgehead atoms. The zero-order chi connectivity index (χ0) is 12.7. The molecule has 0 atom stereocenters. The van der Waals surface area contributed by atoms with Gasteiger partial charge in [0.2, 0.25) is 0 Å². The van der Waals surface area contributed by atoms with Gasteiger partial charge in [-0.2, -0.15) is 0 Å². The lowest BCUT2D eigenvalue weighted by molar-refractivity contribution is 1.31. The molecule has 90 valence electrons. The van der Waals surface area contributed by atoms with Crippen molar-refractivity contribution in [2.24, 2.45) is 0 Å². The van der Waals surface area contributed by atoms with Gasteiger partial charge in [0.1, 0.15) is 0 Å². The number of fused-ring (bicyclic) bond motifs is 1. The number of benzene rings is 2. The standard InChI is InChI=1S/C15H17BN2/c1-12-9-10-14-15(11-12)18(3)16(17(14)2)13-7-5-4-6-8-13/h4-11H,1-3H3. The second-order valence-electron chi connectivity index (χ2n) is 5.00. The zero-order valence-corrected chi connectivity index (χ0v) is 11.1. The maximum Gasteiger partial charge on any atom is 0.411 e. The van der Waals surface area contributed by atoms with Gasteiger partial charge in [-0.25, -0.2) is 0 Å². The summed E-state index contributed by atoms with van der Waals surface area (Å²) >= 11 is 0. The largest absolute Gasteiger partial charge is 0.411 e. The third-order valence-electron chi connectivity index (χ3n) is 3.72. The second kappa shape index (κ2) is 4.09. The number of nitrogens with zero attached hydrogens (tertiary/aromatic N) is 2. The quantitative estimate of drug-likeness (QED) is 0.701. The highest BCUT2D eigenvalue weighted by Crippen LogP contribution is 2.36. The van der Waals surface area contributed by atoms with Crippen molar-refractivity contribution in [2.75, 3.05) is 23.7 Å². The van der Waals surface area contributed by atoms with E-state index < -0.39 is 0 Å². The molecular formula is C15H17BN2. The van der Waals surface area contributed by atoms with Crippen LogP contribution in [0.4, 0.5) is 11.4 Å². The van der Waals surface area contributed by atoms with Gasteiger partial charge in [0.15, 0.2) is 0 Å². The summed E-state index contributed by atoms with van der Waals surface area (Å²) in [6, 6.07) is 17.3. The number of hydrogen-bond acceptors (Lipinski definition) is 2. The minimum Gasteiger partial charge on any atom is -0.393 e. The molecule has 1 aliphatic rings. The maximum atomic E-state index is 2.34. The Morgan fingerprint density at radius 3 is 2.22 bits per heavy atom. The molecule has 0 N–H and O–H groups in total. The highest BCUT2D eigenvalue weighted by atomic mass is 15.3. The number of hydrogen-bond donors (Lipinski definition) is 0. The molecule has 2 nitrogen and oxygen atoms in total. The van der Waals surface area contributed by atoms with E-state index in [4.69, 9.17) is 0 Å². The van der Waals surface area contributed by atoms with Gasteiger partial charge < -0.3 is 9.62 Å². The van der Waals surface area contributed by atoms with Crippen LogP contribution in [0.15, 0.2) is 48.5 Å². The lowest BCUT2D eigenvalue weighted by atomic mass is 9.66. The van der Waals surface area contributed by atoms with Crippen LogP contribution < -0.4 is 15.1 Å². The Bertz CT molecular complexity index is 568. The van der Waals surface area contributed by atoms with Gasteiger partial charge in [-0.05, 0) is 44.2 Å². The lowest BCUT2D eigenvalue weighted by Crippen LogP contribution is -2.53. The van der Waals surface area contributed by atoms with Gasteiger partial charge in [-0.3, -0.25) is 0 Å². The van der Waals surface area contributed by atoms with Crippen LogP contribution in [-0.2, 0) is 0 Å². The van der Waals surface area contributed by atoms with E-state index in [2.05, 4.69) is 79.2 Å². The van der Waals surface area contributed by atoms with Crippen molar-refractivity contribution in [2.45, 2.75) is 6.92 Å². The predicted molar refractivity (Wildman–Crippen MR) is 79.8 cm³/mol. The first-order valence-corrected chi connectivity index (χ1v) is 6.30. The molecule has 0 spiro atoms. The molecule has 0 saturated heterocycles. The third-order valence-corrected chi connectivity index (χ3v) is 3.72. The molecule has 0 saturated carbocycles. The van der Waals surface area contributed by atoms with E-state index >= 15 is 0 Å². The Balaban J connectivity index is 2.07. The van der Waals surface area contributed by atoms with Gasteiger partial charge in [0, 0.05) is 11.4 Å². The van der Waals surface area contributed by atoms with Crippen LogP contribution in [0.5, 0.6) is 0 Å². The average Bonchev–Trinajstić information content (AvgIpc) is 2.63. The van der Waals surface area contributed by atoms with E-state index in [0.29, 0.717) is 6.98 Å². The van der Waals surface area contributed by atoms with Crippen LogP contribution >= 0.6 is 0 Å². The predicted octanol–water partition coefficient (Wildman–Crippen LogP) is 2.28. The van der Waals surface area contributed by atoms with Crippen LogP contribution in [0.2, 0.25) is 0 Å². The molecule has 18 heavy (non-hydrogen) atoms. The van der Waals surface area contributed by atoms with Crippen molar-refractivity contribution < 1.29 is 0 Å². The van der Waals surface area contributed by atoms with E-state index in [9.17, 15) is 0 Å². The van der Waals surface area contributed by atoms with Crippen molar-refractivity contribution in [3.8, 4) is 0 Å². The van der Waals surface area contributed by atoms with Crippen molar-refractivity contribution in [1.82, 2.24) is 0 Å². The number of anilines is 2. The van der Waals surface area contributed by atoms with Gasteiger partial charge in [-0.15, -0.1) is 0 Å². The molecule has 2 aromatic rings. The highest BCUT2D eigenvalue weighted by Gasteiger charge is 2.37. The highest BCUT2D eigenvalue weighted by molar-refractivity contribution is 6.81. The fraction of sp³-hybridized carbons (Fsp3) is 0.200. The fourth-order valence-electron chi connectivity index (χ4n) is 2.81. The van der Waals surface area contributed by atoms with Gasteiger partial charge in [0.05, 0.1) is 0 Å². The van der Waals surface area contributed by atoms with Crippen molar-refractivity contribution in [3.63, 3.8) is 0 Å². The smallest absolute Gasteiger partial charge is 0.393 e. The van der Waals surface area contributed by atoms with E-state index in [0.717, 1.165) is 0 Å². The molecular weight excluding hydrogens is 219 g/mol. The van der Waals surface area contributed by atoms with Crippen LogP contribution in [0.1, 0.15) is 5.56 Å². The first-order valence-electron chi connectivity index (χ1n) is 6.30. The molecule has 1 aliphatic heterocycles. The van der Waals surface area contributed by atoms with Crippen LogP contribution in [0.3, 0.4) is 0 Å². The summed E-state index contributed by atoms with van der Waals surface area (Å²) in [6.45, 7) is 2.44. The summed E-state index contributed by atoms with van der Waals surface area (Å²) in [4.78, 5) is 4.68. The van der Waals surface area contributed by atoms with Gasteiger partial charge in [-0.1, -0.05) is 36.4 Å². The number of rotatable bonds is 1. The summed E-state index contributed by atoms with van der Waals surface area (Å²) < 4.78 is 0.